The molecule has 0 fully saturated rings. The highest BCUT2D eigenvalue weighted by Crippen LogP contribution is 2.19. The second-order valence-corrected chi connectivity index (χ2v) is 3.28. The van der Waals surface area contributed by atoms with Crippen LogP contribution < -0.4 is 0 Å². The number of Topliss-reactive ketones (excluding diaryl/α,β-unsaturated/α-hetero) is 1. The molecule has 14 heavy (non-hydrogen) atoms. The van der Waals surface area contributed by atoms with E-state index in [0.29, 0.717) is 6.42 Å². The van der Waals surface area contributed by atoms with Crippen LogP contribution in [0, 0.1) is 5.82 Å². The highest BCUT2D eigenvalue weighted by atomic mass is 35.5. The largest absolute Gasteiger partial charge is 0.396 e. The van der Waals surface area contributed by atoms with Gasteiger partial charge in [0.1, 0.15) is 5.82 Å². The Kier molecular flexibility index (Phi) is 4.04. The normalized spacial score (nSPS) is 10.2. The Balaban J connectivity index is 2.83. The maximum atomic E-state index is 12.8. The van der Waals surface area contributed by atoms with Crippen LogP contribution in [0.25, 0.3) is 0 Å². The van der Waals surface area contributed by atoms with Crippen LogP contribution in [-0.4, -0.2) is 17.5 Å². The Labute approximate surface area is 86.3 Å². The first-order valence-electron chi connectivity index (χ1n) is 4.24. The summed E-state index contributed by atoms with van der Waals surface area (Å²) in [6.45, 7) is -0.0569. The minimum absolute atomic E-state index is 0.0569. The Morgan fingerprint density at radius 1 is 1.50 bits per heavy atom. The van der Waals surface area contributed by atoms with Gasteiger partial charge >= 0.3 is 0 Å². The molecule has 0 spiro atoms. The third-order valence-electron chi connectivity index (χ3n) is 1.79. The predicted molar refractivity (Wildman–Crippen MR) is 52.1 cm³/mol. The first-order chi connectivity index (χ1) is 6.65. The van der Waals surface area contributed by atoms with Crippen molar-refractivity contribution < 1.29 is 14.3 Å². The molecular weight excluding hydrogens is 207 g/mol. The average Bonchev–Trinajstić information content (AvgIpc) is 2.18. The monoisotopic (exact) mass is 216 g/mol. The molecule has 4 heteroatoms. The number of carbonyl (C=O) groups excluding carboxylic acids is 1. The highest BCUT2D eigenvalue weighted by Gasteiger charge is 2.10. The fraction of sp³-hybridized carbons (Fsp3) is 0.300. The van der Waals surface area contributed by atoms with Gasteiger partial charge in [-0.1, -0.05) is 11.6 Å². The van der Waals surface area contributed by atoms with E-state index in [9.17, 15) is 9.18 Å². The van der Waals surface area contributed by atoms with Gasteiger partial charge < -0.3 is 5.11 Å². The summed E-state index contributed by atoms with van der Waals surface area (Å²) < 4.78 is 12.8. The second-order valence-electron chi connectivity index (χ2n) is 2.87. The number of aliphatic hydroxyl groups excluding tert-OH is 1. The summed E-state index contributed by atoms with van der Waals surface area (Å²) in [7, 11) is 0. The third-order valence-corrected chi connectivity index (χ3v) is 2.12. The topological polar surface area (TPSA) is 37.3 Å². The Hall–Kier alpha value is -0.930. The van der Waals surface area contributed by atoms with Crippen molar-refractivity contribution in [3.05, 3.63) is 34.6 Å². The van der Waals surface area contributed by atoms with Gasteiger partial charge in [-0.25, -0.2) is 4.39 Å². The zero-order valence-electron chi connectivity index (χ0n) is 7.46. The number of rotatable bonds is 4. The van der Waals surface area contributed by atoms with E-state index in [1.807, 2.05) is 0 Å². The van der Waals surface area contributed by atoms with E-state index in [0.717, 1.165) is 6.07 Å². The molecule has 0 atom stereocenters. The minimum atomic E-state index is -0.484. The van der Waals surface area contributed by atoms with Crippen molar-refractivity contribution in [2.24, 2.45) is 0 Å². The van der Waals surface area contributed by atoms with Crippen LogP contribution in [0.15, 0.2) is 18.2 Å². The van der Waals surface area contributed by atoms with Crippen LogP contribution in [0.5, 0.6) is 0 Å². The van der Waals surface area contributed by atoms with Crippen molar-refractivity contribution in [1.29, 1.82) is 0 Å². The van der Waals surface area contributed by atoms with E-state index in [1.54, 1.807) is 0 Å². The minimum Gasteiger partial charge on any atom is -0.396 e. The van der Waals surface area contributed by atoms with Crippen molar-refractivity contribution in [3.63, 3.8) is 0 Å². The molecule has 0 aliphatic heterocycles. The summed E-state index contributed by atoms with van der Waals surface area (Å²) in [5, 5.41) is 8.77. The summed E-state index contributed by atoms with van der Waals surface area (Å²) in [5.41, 5.74) is 0.181. The van der Waals surface area contributed by atoms with Gasteiger partial charge in [-0.2, -0.15) is 0 Å². The summed E-state index contributed by atoms with van der Waals surface area (Å²) in [6.07, 6.45) is 0.547. The van der Waals surface area contributed by atoms with Crippen molar-refractivity contribution >= 4 is 17.4 Å². The van der Waals surface area contributed by atoms with Gasteiger partial charge in [-0.3, -0.25) is 4.79 Å². The lowest BCUT2D eigenvalue weighted by molar-refractivity contribution is 0.0971. The first-order valence-corrected chi connectivity index (χ1v) is 4.62. The van der Waals surface area contributed by atoms with Gasteiger partial charge in [0.2, 0.25) is 0 Å². The molecule has 0 heterocycles. The molecule has 0 saturated carbocycles. The molecule has 0 aliphatic rings. The van der Waals surface area contributed by atoms with Gasteiger partial charge in [-0.15, -0.1) is 0 Å². The molecule has 0 bridgehead atoms. The van der Waals surface area contributed by atoms with Gasteiger partial charge in [0.15, 0.2) is 5.78 Å². The first kappa shape index (κ1) is 11.1. The number of aliphatic hydroxyl groups is 1. The van der Waals surface area contributed by atoms with Crippen molar-refractivity contribution in [3.8, 4) is 0 Å². The van der Waals surface area contributed by atoms with Crippen LogP contribution in [0.2, 0.25) is 5.02 Å². The summed E-state index contributed by atoms with van der Waals surface area (Å²) in [4.78, 5) is 11.4. The quantitative estimate of drug-likeness (QED) is 0.785. The van der Waals surface area contributed by atoms with Crippen LogP contribution in [0.4, 0.5) is 4.39 Å². The van der Waals surface area contributed by atoms with Crippen molar-refractivity contribution in [1.82, 2.24) is 0 Å². The lowest BCUT2D eigenvalue weighted by Gasteiger charge is -2.02. The van der Waals surface area contributed by atoms with Crippen LogP contribution in [0.3, 0.4) is 0 Å². The number of hydrogen-bond donors (Lipinski definition) is 1. The second kappa shape index (κ2) is 5.08. The molecule has 1 aromatic carbocycles. The van der Waals surface area contributed by atoms with Gasteiger partial charge in [0.25, 0.3) is 0 Å². The van der Waals surface area contributed by atoms with Crippen LogP contribution >= 0.6 is 11.6 Å². The molecule has 1 aromatic rings. The van der Waals surface area contributed by atoms with Gasteiger partial charge in [-0.05, 0) is 24.6 Å². The van der Waals surface area contributed by atoms with E-state index in [-0.39, 0.29) is 29.4 Å². The van der Waals surface area contributed by atoms with Crippen LogP contribution in [-0.2, 0) is 0 Å². The Bertz CT molecular complexity index is 339. The maximum Gasteiger partial charge on any atom is 0.164 e. The van der Waals surface area contributed by atoms with Crippen molar-refractivity contribution in [2.45, 2.75) is 12.8 Å². The molecule has 2 nitrogen and oxygen atoms in total. The summed E-state index contributed by atoms with van der Waals surface area (Å²) in [6, 6.07) is 3.66. The predicted octanol–water partition coefficient (Wildman–Crippen LogP) is 2.43. The molecule has 0 amide bonds. The number of hydrogen-bond acceptors (Lipinski definition) is 2. The number of benzene rings is 1. The molecule has 0 unspecified atom stereocenters. The maximum absolute atomic E-state index is 12.8. The zero-order chi connectivity index (χ0) is 10.6. The summed E-state index contributed by atoms with van der Waals surface area (Å²) >= 11 is 5.72. The average molecular weight is 217 g/mol. The van der Waals surface area contributed by atoms with E-state index >= 15 is 0 Å². The van der Waals surface area contributed by atoms with E-state index in [2.05, 4.69) is 0 Å². The Morgan fingerprint density at radius 2 is 2.21 bits per heavy atom. The highest BCUT2D eigenvalue weighted by molar-refractivity contribution is 6.33. The van der Waals surface area contributed by atoms with Gasteiger partial charge in [0.05, 0.1) is 5.02 Å². The number of halogens is 2. The molecule has 0 saturated heterocycles. The molecule has 0 aliphatic carbocycles. The lowest BCUT2D eigenvalue weighted by Crippen LogP contribution is -2.01. The SMILES string of the molecule is O=C(CCCO)c1cc(F)ccc1Cl. The molecule has 1 rings (SSSR count). The van der Waals surface area contributed by atoms with E-state index < -0.39 is 5.82 Å². The Morgan fingerprint density at radius 3 is 2.86 bits per heavy atom. The number of ketones is 1. The fourth-order valence-electron chi connectivity index (χ4n) is 1.09. The fourth-order valence-corrected chi connectivity index (χ4v) is 1.31. The van der Waals surface area contributed by atoms with Gasteiger partial charge in [0, 0.05) is 18.6 Å². The smallest absolute Gasteiger partial charge is 0.164 e. The molecular formula is C10H10ClFO2. The van der Waals surface area contributed by atoms with Crippen molar-refractivity contribution in [2.75, 3.05) is 6.61 Å². The van der Waals surface area contributed by atoms with E-state index in [4.69, 9.17) is 16.7 Å². The van der Waals surface area contributed by atoms with Crippen LogP contribution in [0.1, 0.15) is 23.2 Å². The molecule has 76 valence electrons. The third kappa shape index (κ3) is 2.79. The lowest BCUT2D eigenvalue weighted by atomic mass is 10.1. The molecule has 0 aromatic heterocycles. The molecule has 1 N–H and O–H groups in total. The summed E-state index contributed by atoms with van der Waals surface area (Å²) in [5.74, 6) is -0.731. The standard InChI is InChI=1S/C10H10ClFO2/c11-9-4-3-7(12)6-8(9)10(14)2-1-5-13/h3-4,6,13H,1-2,5H2. The van der Waals surface area contributed by atoms with E-state index in [1.165, 1.54) is 12.1 Å². The zero-order valence-corrected chi connectivity index (χ0v) is 8.22. The molecule has 0 radical (unpaired) electrons. The number of carbonyl (C=O) groups is 1.